The Morgan fingerprint density at radius 1 is 1.23 bits per heavy atom. The summed E-state index contributed by atoms with van der Waals surface area (Å²) in [6, 6.07) is 0. The quantitative estimate of drug-likeness (QED) is 0.429. The van der Waals surface area contributed by atoms with Crippen molar-refractivity contribution in [2.24, 2.45) is 5.92 Å². The van der Waals surface area contributed by atoms with Gasteiger partial charge < -0.3 is 4.79 Å². The summed E-state index contributed by atoms with van der Waals surface area (Å²) in [6.45, 7) is 4.12. The summed E-state index contributed by atoms with van der Waals surface area (Å²) >= 11 is 0. The second-order valence-electron chi connectivity index (χ2n) is 3.45. The second kappa shape index (κ2) is 7.96. The molecule has 0 aliphatic rings. The lowest BCUT2D eigenvalue weighted by atomic mass is 9.96. The number of aldehydes is 1. The maximum absolute atomic E-state index is 11.4. The number of carbonyl (C=O) groups is 2. The lowest BCUT2D eigenvalue weighted by Crippen LogP contribution is -2.15. The lowest BCUT2D eigenvalue weighted by Gasteiger charge is -2.07. The van der Waals surface area contributed by atoms with Crippen molar-refractivity contribution in [1.82, 2.24) is 0 Å². The maximum atomic E-state index is 11.4. The van der Waals surface area contributed by atoms with E-state index >= 15 is 0 Å². The van der Waals surface area contributed by atoms with Gasteiger partial charge in [-0.1, -0.05) is 33.1 Å². The van der Waals surface area contributed by atoms with Crippen molar-refractivity contribution in [3.63, 3.8) is 0 Å². The standard InChI is InChI=1S/C11H20O2/c1-3-5-7-10(9-12)11(13)8-6-4-2/h9-10H,3-8H2,1-2H3. The van der Waals surface area contributed by atoms with Gasteiger partial charge in [-0.25, -0.2) is 0 Å². The third-order valence-electron chi connectivity index (χ3n) is 2.22. The summed E-state index contributed by atoms with van der Waals surface area (Å²) in [7, 11) is 0. The molecule has 1 atom stereocenters. The van der Waals surface area contributed by atoms with E-state index in [1.807, 2.05) is 0 Å². The van der Waals surface area contributed by atoms with E-state index in [1.54, 1.807) is 0 Å². The van der Waals surface area contributed by atoms with Gasteiger partial charge in [-0.3, -0.25) is 4.79 Å². The number of ketones is 1. The zero-order valence-electron chi connectivity index (χ0n) is 8.71. The molecule has 0 spiro atoms. The minimum atomic E-state index is -0.327. The molecule has 0 fully saturated rings. The topological polar surface area (TPSA) is 34.1 Å². The van der Waals surface area contributed by atoms with Gasteiger partial charge in [-0.05, 0) is 12.8 Å². The van der Waals surface area contributed by atoms with Crippen LogP contribution in [0.2, 0.25) is 0 Å². The molecule has 0 aromatic heterocycles. The molecule has 2 heteroatoms. The van der Waals surface area contributed by atoms with Crippen molar-refractivity contribution in [3.05, 3.63) is 0 Å². The number of hydrogen-bond donors (Lipinski definition) is 0. The highest BCUT2D eigenvalue weighted by Gasteiger charge is 2.15. The molecule has 0 rings (SSSR count). The third kappa shape index (κ3) is 5.56. The average Bonchev–Trinajstić information content (AvgIpc) is 2.16. The summed E-state index contributed by atoms with van der Waals surface area (Å²) in [5.74, 6) is -0.197. The lowest BCUT2D eigenvalue weighted by molar-refractivity contribution is -0.127. The Labute approximate surface area is 80.7 Å². The van der Waals surface area contributed by atoms with Gasteiger partial charge in [0, 0.05) is 6.42 Å². The summed E-state index contributed by atoms with van der Waals surface area (Å²) in [6.07, 6.45) is 6.08. The normalized spacial score (nSPS) is 12.5. The molecule has 0 heterocycles. The highest BCUT2D eigenvalue weighted by atomic mass is 16.1. The Morgan fingerprint density at radius 3 is 2.31 bits per heavy atom. The maximum Gasteiger partial charge on any atom is 0.143 e. The number of rotatable bonds is 8. The fourth-order valence-electron chi connectivity index (χ4n) is 1.27. The summed E-state index contributed by atoms with van der Waals surface area (Å²) in [5, 5.41) is 0. The van der Waals surface area contributed by atoms with Gasteiger partial charge in [0.1, 0.15) is 12.1 Å². The van der Waals surface area contributed by atoms with E-state index in [9.17, 15) is 9.59 Å². The predicted molar refractivity (Wildman–Crippen MR) is 53.6 cm³/mol. The zero-order valence-corrected chi connectivity index (χ0v) is 8.71. The average molecular weight is 184 g/mol. The van der Waals surface area contributed by atoms with Gasteiger partial charge in [0.05, 0.1) is 5.92 Å². The van der Waals surface area contributed by atoms with Crippen LogP contribution in [0.1, 0.15) is 52.4 Å². The summed E-state index contributed by atoms with van der Waals surface area (Å²) < 4.78 is 0. The molecular weight excluding hydrogens is 164 g/mol. The van der Waals surface area contributed by atoms with Crippen molar-refractivity contribution < 1.29 is 9.59 Å². The van der Waals surface area contributed by atoms with Crippen molar-refractivity contribution >= 4 is 12.1 Å². The molecule has 0 radical (unpaired) electrons. The first-order valence-electron chi connectivity index (χ1n) is 5.24. The van der Waals surface area contributed by atoms with E-state index in [2.05, 4.69) is 13.8 Å². The fraction of sp³-hybridized carbons (Fsp3) is 0.818. The molecule has 0 amide bonds. The van der Waals surface area contributed by atoms with Gasteiger partial charge in [0.15, 0.2) is 0 Å². The van der Waals surface area contributed by atoms with Crippen LogP contribution in [0.5, 0.6) is 0 Å². The van der Waals surface area contributed by atoms with Gasteiger partial charge in [-0.2, -0.15) is 0 Å². The molecule has 0 bridgehead atoms. The number of carbonyl (C=O) groups excluding carboxylic acids is 2. The van der Waals surface area contributed by atoms with E-state index in [0.717, 1.165) is 38.4 Å². The molecule has 0 aromatic rings. The molecule has 0 saturated heterocycles. The van der Waals surface area contributed by atoms with Crippen LogP contribution in [-0.2, 0) is 9.59 Å². The van der Waals surface area contributed by atoms with Gasteiger partial charge in [0.25, 0.3) is 0 Å². The van der Waals surface area contributed by atoms with Crippen LogP contribution in [-0.4, -0.2) is 12.1 Å². The first kappa shape index (κ1) is 12.3. The van der Waals surface area contributed by atoms with E-state index < -0.39 is 0 Å². The van der Waals surface area contributed by atoms with Gasteiger partial charge in [-0.15, -0.1) is 0 Å². The monoisotopic (exact) mass is 184 g/mol. The second-order valence-corrected chi connectivity index (χ2v) is 3.45. The van der Waals surface area contributed by atoms with Crippen LogP contribution in [0.25, 0.3) is 0 Å². The van der Waals surface area contributed by atoms with Crippen LogP contribution < -0.4 is 0 Å². The SMILES string of the molecule is CCCCC(=O)C(C=O)CCCC. The highest BCUT2D eigenvalue weighted by molar-refractivity contribution is 5.93. The molecule has 0 aliphatic carbocycles. The first-order valence-corrected chi connectivity index (χ1v) is 5.24. The molecular formula is C11H20O2. The largest absolute Gasteiger partial charge is 0.303 e. The van der Waals surface area contributed by atoms with Crippen molar-refractivity contribution in [3.8, 4) is 0 Å². The molecule has 1 unspecified atom stereocenters. The van der Waals surface area contributed by atoms with Gasteiger partial charge >= 0.3 is 0 Å². The zero-order chi connectivity index (χ0) is 10.1. The van der Waals surface area contributed by atoms with E-state index in [0.29, 0.717) is 6.42 Å². The first-order chi connectivity index (χ1) is 6.26. The van der Waals surface area contributed by atoms with E-state index in [1.165, 1.54) is 0 Å². The van der Waals surface area contributed by atoms with Gasteiger partial charge in [0.2, 0.25) is 0 Å². The summed E-state index contributed by atoms with van der Waals surface area (Å²) in [4.78, 5) is 22.0. The Morgan fingerprint density at radius 2 is 1.85 bits per heavy atom. The molecule has 76 valence electrons. The van der Waals surface area contributed by atoms with Crippen LogP contribution in [0, 0.1) is 5.92 Å². The Hall–Kier alpha value is -0.660. The molecule has 0 N–H and O–H groups in total. The number of Topliss-reactive ketones (excluding diaryl/α,β-unsaturated/α-hetero) is 1. The number of unbranched alkanes of at least 4 members (excludes halogenated alkanes) is 2. The molecule has 0 saturated carbocycles. The predicted octanol–water partition coefficient (Wildman–Crippen LogP) is 2.75. The van der Waals surface area contributed by atoms with E-state index in [4.69, 9.17) is 0 Å². The smallest absolute Gasteiger partial charge is 0.143 e. The Bertz CT molecular complexity index is 152. The van der Waals surface area contributed by atoms with Crippen LogP contribution >= 0.6 is 0 Å². The van der Waals surface area contributed by atoms with Crippen molar-refractivity contribution in [2.75, 3.05) is 0 Å². The minimum Gasteiger partial charge on any atom is -0.303 e. The summed E-state index contributed by atoms with van der Waals surface area (Å²) in [5.41, 5.74) is 0. The fourth-order valence-corrected chi connectivity index (χ4v) is 1.27. The van der Waals surface area contributed by atoms with Crippen molar-refractivity contribution in [2.45, 2.75) is 52.4 Å². The van der Waals surface area contributed by atoms with Crippen molar-refractivity contribution in [1.29, 1.82) is 0 Å². The third-order valence-corrected chi connectivity index (χ3v) is 2.22. The Kier molecular flexibility index (Phi) is 7.56. The molecule has 0 aromatic carbocycles. The molecule has 2 nitrogen and oxygen atoms in total. The van der Waals surface area contributed by atoms with E-state index in [-0.39, 0.29) is 11.7 Å². The minimum absolute atomic E-state index is 0.130. The molecule has 13 heavy (non-hydrogen) atoms. The Balaban J connectivity index is 3.77. The van der Waals surface area contributed by atoms with Crippen LogP contribution in [0.3, 0.4) is 0 Å². The van der Waals surface area contributed by atoms with Crippen LogP contribution in [0.4, 0.5) is 0 Å². The molecule has 0 aliphatic heterocycles. The van der Waals surface area contributed by atoms with Crippen LogP contribution in [0.15, 0.2) is 0 Å². The number of hydrogen-bond acceptors (Lipinski definition) is 2. The highest BCUT2D eigenvalue weighted by Crippen LogP contribution is 2.11.